The highest BCUT2D eigenvalue weighted by Gasteiger charge is 2.17. The number of fused-ring (bicyclic) bond motifs is 1. The summed E-state index contributed by atoms with van der Waals surface area (Å²) in [7, 11) is 1.30. The number of ether oxygens (including phenoxy) is 6. The van der Waals surface area contributed by atoms with Gasteiger partial charge in [-0.2, -0.15) is 10.2 Å². The molecule has 1 unspecified atom stereocenters. The van der Waals surface area contributed by atoms with Crippen molar-refractivity contribution in [2.75, 3.05) is 33.5 Å². The predicted molar refractivity (Wildman–Crippen MR) is 227 cm³/mol. The molecule has 5 aromatic rings. The van der Waals surface area contributed by atoms with Crippen LogP contribution >= 0.6 is 0 Å². The number of hydrogen-bond donors (Lipinski definition) is 1. The van der Waals surface area contributed by atoms with E-state index in [1.54, 1.807) is 48.7 Å². The Hall–Kier alpha value is -7.09. The lowest BCUT2D eigenvalue weighted by Crippen LogP contribution is -2.05. The summed E-state index contributed by atoms with van der Waals surface area (Å²) in [6, 6.07) is 30.9. The number of rotatable bonds is 23. The molecule has 5 aromatic carbocycles. The monoisotopic (exact) mass is 814 g/mol. The molecule has 0 aliphatic rings. The van der Waals surface area contributed by atoms with Crippen LogP contribution in [0, 0.1) is 0 Å². The van der Waals surface area contributed by atoms with Crippen molar-refractivity contribution in [1.82, 2.24) is 0 Å². The average molecular weight is 815 g/mol. The van der Waals surface area contributed by atoms with Crippen molar-refractivity contribution < 1.29 is 52.9 Å². The van der Waals surface area contributed by atoms with Crippen molar-refractivity contribution in [3.05, 3.63) is 156 Å². The molecule has 0 spiro atoms. The normalized spacial score (nSPS) is 11.6. The third-order valence-corrected chi connectivity index (χ3v) is 8.86. The van der Waals surface area contributed by atoms with Crippen LogP contribution in [0.15, 0.2) is 139 Å². The SMILES string of the molecule is C=CC(=O)OCCCCOc1ccc(Oc2ccc(/C=N/N=C/c3ccc4cc(C(OO)c5ccc(OCCCCOC(=O)C=C)cc5)ccc4c3)cc2C(=O)OC)cc1. The van der Waals surface area contributed by atoms with Crippen LogP contribution in [0.5, 0.6) is 23.0 Å². The minimum absolute atomic E-state index is 0.214. The van der Waals surface area contributed by atoms with Crippen molar-refractivity contribution in [3.8, 4) is 23.0 Å². The van der Waals surface area contributed by atoms with E-state index in [1.165, 1.54) is 13.3 Å². The van der Waals surface area contributed by atoms with E-state index in [4.69, 9.17) is 33.3 Å². The van der Waals surface area contributed by atoms with E-state index in [-0.39, 0.29) is 5.56 Å². The number of carbonyl (C=O) groups is 3. The van der Waals surface area contributed by atoms with Gasteiger partial charge in [0, 0.05) is 12.2 Å². The van der Waals surface area contributed by atoms with Crippen LogP contribution in [0.2, 0.25) is 0 Å². The van der Waals surface area contributed by atoms with Crippen LogP contribution in [-0.2, 0) is 28.7 Å². The van der Waals surface area contributed by atoms with Crippen molar-refractivity contribution >= 4 is 41.1 Å². The van der Waals surface area contributed by atoms with Gasteiger partial charge in [0.15, 0.2) is 0 Å². The molecule has 0 saturated heterocycles. The van der Waals surface area contributed by atoms with Crippen molar-refractivity contribution in [1.29, 1.82) is 0 Å². The Balaban J connectivity index is 1.14. The molecule has 0 amide bonds. The topological polar surface area (TPSA) is 161 Å². The van der Waals surface area contributed by atoms with Gasteiger partial charge in [-0.25, -0.2) is 19.3 Å². The Labute approximate surface area is 348 Å². The van der Waals surface area contributed by atoms with Gasteiger partial charge < -0.3 is 28.4 Å². The van der Waals surface area contributed by atoms with Gasteiger partial charge in [-0.15, -0.1) is 0 Å². The molecular formula is C47H46N2O11. The zero-order valence-electron chi connectivity index (χ0n) is 33.2. The van der Waals surface area contributed by atoms with Gasteiger partial charge in [-0.05, 0) is 125 Å². The number of benzene rings is 5. The smallest absolute Gasteiger partial charge is 0.341 e. The van der Waals surface area contributed by atoms with E-state index in [0.29, 0.717) is 74.3 Å². The van der Waals surface area contributed by atoms with Crippen molar-refractivity contribution in [2.45, 2.75) is 31.8 Å². The van der Waals surface area contributed by atoms with Gasteiger partial charge in [-0.3, -0.25) is 5.26 Å². The molecular weight excluding hydrogens is 769 g/mol. The standard InChI is InChI=1S/C47H46N2O11/c1-4-44(50)57-26-8-6-24-55-39-17-15-35(16-18-39)46(60-53)38-14-13-36-28-33(10-12-37(36)30-38)31-48-49-32-34-11-23-43(42(29-34)47(52)54-3)59-41-21-19-40(20-22-41)56-25-7-9-27-58-45(51)5-2/h4-5,10-23,28-32,46,53H,1-2,6-9,24-27H2,3H3/b48-31+,49-32+. The predicted octanol–water partition coefficient (Wildman–Crippen LogP) is 9.23. The van der Waals surface area contributed by atoms with Gasteiger partial charge in [0.05, 0.1) is 46.0 Å². The Bertz CT molecular complexity index is 2290. The van der Waals surface area contributed by atoms with Gasteiger partial charge in [0.2, 0.25) is 0 Å². The van der Waals surface area contributed by atoms with Gasteiger partial charge in [0.1, 0.15) is 34.7 Å². The van der Waals surface area contributed by atoms with Crippen LogP contribution < -0.4 is 14.2 Å². The minimum Gasteiger partial charge on any atom is -0.494 e. The number of hydrogen-bond acceptors (Lipinski definition) is 13. The quantitative estimate of drug-likeness (QED) is 0.0127. The van der Waals surface area contributed by atoms with E-state index in [9.17, 15) is 19.6 Å². The first-order valence-electron chi connectivity index (χ1n) is 19.1. The van der Waals surface area contributed by atoms with Crippen molar-refractivity contribution in [2.24, 2.45) is 10.2 Å². The van der Waals surface area contributed by atoms with Gasteiger partial charge in [0.25, 0.3) is 0 Å². The summed E-state index contributed by atoms with van der Waals surface area (Å²) >= 11 is 0. The van der Waals surface area contributed by atoms with Crippen LogP contribution in [0.4, 0.5) is 0 Å². The molecule has 0 saturated carbocycles. The third kappa shape index (κ3) is 13.5. The summed E-state index contributed by atoms with van der Waals surface area (Å²) in [4.78, 5) is 39.8. The number of nitrogens with zero attached hydrogens (tertiary/aromatic N) is 2. The lowest BCUT2D eigenvalue weighted by molar-refractivity contribution is -0.270. The maximum absolute atomic E-state index is 12.7. The summed E-state index contributed by atoms with van der Waals surface area (Å²) in [5.41, 5.74) is 3.15. The molecule has 0 aliphatic carbocycles. The van der Waals surface area contributed by atoms with E-state index in [2.05, 4.69) is 23.4 Å². The molecule has 1 N–H and O–H groups in total. The molecule has 13 nitrogen and oxygen atoms in total. The lowest BCUT2D eigenvalue weighted by atomic mass is 9.97. The number of esters is 3. The maximum atomic E-state index is 12.7. The van der Waals surface area contributed by atoms with E-state index in [0.717, 1.165) is 46.0 Å². The Morgan fingerprint density at radius 3 is 1.70 bits per heavy atom. The first-order chi connectivity index (χ1) is 29.3. The fourth-order valence-corrected chi connectivity index (χ4v) is 5.75. The van der Waals surface area contributed by atoms with E-state index >= 15 is 0 Å². The molecule has 5 rings (SSSR count). The largest absolute Gasteiger partial charge is 0.494 e. The van der Waals surface area contributed by atoms with Crippen LogP contribution in [-0.4, -0.2) is 69.1 Å². The highest BCUT2D eigenvalue weighted by Crippen LogP contribution is 2.31. The fraction of sp³-hybridized carbons (Fsp3) is 0.213. The molecule has 0 aliphatic heterocycles. The van der Waals surface area contributed by atoms with Crippen LogP contribution in [0.3, 0.4) is 0 Å². The average Bonchev–Trinajstić information content (AvgIpc) is 3.28. The molecule has 1 atom stereocenters. The Morgan fingerprint density at radius 2 is 1.12 bits per heavy atom. The van der Waals surface area contributed by atoms with Crippen LogP contribution in [0.1, 0.15) is 64.4 Å². The lowest BCUT2D eigenvalue weighted by Gasteiger charge is -2.16. The zero-order valence-corrected chi connectivity index (χ0v) is 33.2. The van der Waals surface area contributed by atoms with Gasteiger partial charge in [-0.1, -0.05) is 49.6 Å². The first-order valence-corrected chi connectivity index (χ1v) is 19.1. The molecule has 0 aromatic heterocycles. The number of unbranched alkanes of at least 4 members (excludes halogenated alkanes) is 2. The maximum Gasteiger partial charge on any atom is 0.341 e. The highest BCUT2D eigenvalue weighted by atomic mass is 17.1. The molecule has 13 heteroatoms. The molecule has 0 heterocycles. The second-order valence-corrected chi connectivity index (χ2v) is 13.1. The van der Waals surface area contributed by atoms with Gasteiger partial charge >= 0.3 is 17.9 Å². The Kier molecular flexibility index (Phi) is 17.1. The van der Waals surface area contributed by atoms with E-state index < -0.39 is 24.0 Å². The Morgan fingerprint density at radius 1 is 0.617 bits per heavy atom. The molecule has 60 heavy (non-hydrogen) atoms. The first kappa shape index (κ1) is 44.0. The van der Waals surface area contributed by atoms with Crippen molar-refractivity contribution in [3.63, 3.8) is 0 Å². The highest BCUT2D eigenvalue weighted by molar-refractivity contribution is 5.95. The molecule has 0 bridgehead atoms. The zero-order chi connectivity index (χ0) is 42.5. The summed E-state index contributed by atoms with van der Waals surface area (Å²) in [5, 5.41) is 20.1. The number of methoxy groups -OCH3 is 1. The summed E-state index contributed by atoms with van der Waals surface area (Å²) in [6.45, 7) is 8.28. The summed E-state index contributed by atoms with van der Waals surface area (Å²) in [5.74, 6) is 0.664. The molecule has 310 valence electrons. The second kappa shape index (κ2) is 23.3. The fourth-order valence-electron chi connectivity index (χ4n) is 5.75. The minimum atomic E-state index is -0.711. The summed E-state index contributed by atoms with van der Waals surface area (Å²) < 4.78 is 32.5. The summed E-state index contributed by atoms with van der Waals surface area (Å²) in [6.07, 6.45) is 7.47. The molecule has 0 radical (unpaired) electrons. The molecule has 0 fully saturated rings. The number of carbonyl (C=O) groups excluding carboxylic acids is 3. The second-order valence-electron chi connectivity index (χ2n) is 13.1. The third-order valence-electron chi connectivity index (χ3n) is 8.86. The van der Waals surface area contributed by atoms with E-state index in [1.807, 2.05) is 60.7 Å². The van der Waals surface area contributed by atoms with Crippen LogP contribution in [0.25, 0.3) is 10.8 Å².